The molecule has 0 saturated heterocycles. The number of nitrogens with one attached hydrogen (secondary N) is 1. The number of ether oxygens (including phenoxy) is 1. The highest BCUT2D eigenvalue weighted by Crippen LogP contribution is 2.13. The van der Waals surface area contributed by atoms with E-state index in [0.717, 1.165) is 10.3 Å². The van der Waals surface area contributed by atoms with Crippen LogP contribution in [0, 0.1) is 5.21 Å². The van der Waals surface area contributed by atoms with Crippen LogP contribution in [0.1, 0.15) is 40.2 Å². The molecule has 0 unspecified atom stereocenters. The molecule has 1 amide bonds. The van der Waals surface area contributed by atoms with Crippen molar-refractivity contribution in [3.8, 4) is 0 Å². The van der Waals surface area contributed by atoms with Crippen LogP contribution in [0.4, 0.5) is 10.5 Å². The van der Waals surface area contributed by atoms with E-state index < -0.39 is 11.7 Å². The minimum Gasteiger partial charge on any atom is -0.624 e. The van der Waals surface area contributed by atoms with Gasteiger partial charge in [-0.2, -0.15) is 0 Å². The molecular weight excluding hydrogens is 256 g/mol. The van der Waals surface area contributed by atoms with E-state index in [9.17, 15) is 10.0 Å². The van der Waals surface area contributed by atoms with Crippen molar-refractivity contribution in [1.82, 2.24) is 0 Å². The molecule has 1 N–H and O–H groups in total. The maximum atomic E-state index is 11.7. The van der Waals surface area contributed by atoms with Crippen molar-refractivity contribution in [2.75, 3.05) is 5.32 Å². The Balaban J connectivity index is 2.79. The summed E-state index contributed by atoms with van der Waals surface area (Å²) in [5.74, 6) is 0. The predicted octanol–water partition coefficient (Wildman–Crippen LogP) is 3.37. The molecule has 0 spiro atoms. The van der Waals surface area contributed by atoms with Crippen LogP contribution >= 0.6 is 0 Å². The van der Waals surface area contributed by atoms with Crippen LogP contribution in [0.25, 0.3) is 0 Å². The lowest BCUT2D eigenvalue weighted by atomic mass is 10.2. The van der Waals surface area contributed by atoms with Crippen molar-refractivity contribution in [1.29, 1.82) is 0 Å². The molecule has 0 saturated carbocycles. The van der Waals surface area contributed by atoms with Crippen LogP contribution in [0.5, 0.6) is 0 Å². The number of hydroxylamine groups is 1. The minimum atomic E-state index is -0.544. The molecule has 0 radical (unpaired) electrons. The third-order valence-electron chi connectivity index (χ3n) is 2.32. The molecule has 0 aromatic heterocycles. The van der Waals surface area contributed by atoms with E-state index in [1.54, 1.807) is 45.0 Å². The van der Waals surface area contributed by atoms with Crippen LogP contribution in [-0.4, -0.2) is 28.7 Å². The molecule has 5 nitrogen and oxygen atoms in total. The van der Waals surface area contributed by atoms with Gasteiger partial charge in [-0.25, -0.2) is 9.53 Å². The summed E-state index contributed by atoms with van der Waals surface area (Å²) in [7, 11) is 0. The lowest BCUT2D eigenvalue weighted by Gasteiger charge is -2.19. The predicted molar refractivity (Wildman–Crippen MR) is 80.2 cm³/mol. The normalized spacial score (nSPS) is 12.4. The molecular formula is C15H22N2O3. The van der Waals surface area contributed by atoms with Gasteiger partial charge in [0.25, 0.3) is 0 Å². The van der Waals surface area contributed by atoms with Crippen molar-refractivity contribution >= 4 is 18.0 Å². The van der Waals surface area contributed by atoms with Gasteiger partial charge in [0.05, 0.1) is 0 Å². The van der Waals surface area contributed by atoms with Gasteiger partial charge in [0, 0.05) is 11.3 Å². The maximum Gasteiger partial charge on any atom is 0.412 e. The number of amides is 1. The first-order valence-electron chi connectivity index (χ1n) is 6.58. The second kappa shape index (κ2) is 6.41. The van der Waals surface area contributed by atoms with Gasteiger partial charge in [-0.1, -0.05) is 6.07 Å². The van der Waals surface area contributed by atoms with E-state index in [4.69, 9.17) is 4.74 Å². The van der Waals surface area contributed by atoms with Crippen LogP contribution in [0.15, 0.2) is 24.3 Å². The molecule has 0 heterocycles. The van der Waals surface area contributed by atoms with Gasteiger partial charge in [0.15, 0.2) is 12.3 Å². The zero-order valence-corrected chi connectivity index (χ0v) is 12.6. The quantitative estimate of drug-likeness (QED) is 0.399. The summed E-state index contributed by atoms with van der Waals surface area (Å²) >= 11 is 0. The molecule has 1 aromatic rings. The Morgan fingerprint density at radius 3 is 2.60 bits per heavy atom. The van der Waals surface area contributed by atoms with Gasteiger partial charge in [-0.05, 0) is 52.8 Å². The van der Waals surface area contributed by atoms with Crippen molar-refractivity contribution in [3.63, 3.8) is 0 Å². The molecule has 0 aliphatic rings. The fraction of sp³-hybridized carbons (Fsp3) is 0.467. The average Bonchev–Trinajstić information content (AvgIpc) is 2.26. The Kier molecular flexibility index (Phi) is 5.13. The van der Waals surface area contributed by atoms with Crippen LogP contribution in [0.2, 0.25) is 0 Å². The fourth-order valence-corrected chi connectivity index (χ4v) is 1.41. The first-order chi connectivity index (χ1) is 9.17. The number of carbonyl (C=O) groups is 1. The van der Waals surface area contributed by atoms with Gasteiger partial charge in [-0.3, -0.25) is 5.32 Å². The van der Waals surface area contributed by atoms with Gasteiger partial charge in [0.2, 0.25) is 0 Å². The lowest BCUT2D eigenvalue weighted by molar-refractivity contribution is -0.487. The number of hydrogen-bond acceptors (Lipinski definition) is 3. The second-order valence-electron chi connectivity index (χ2n) is 5.84. The van der Waals surface area contributed by atoms with Gasteiger partial charge < -0.3 is 9.94 Å². The Morgan fingerprint density at radius 2 is 2.05 bits per heavy atom. The molecule has 110 valence electrons. The Hall–Kier alpha value is -2.04. The van der Waals surface area contributed by atoms with Crippen molar-refractivity contribution in [3.05, 3.63) is 35.0 Å². The molecule has 0 aliphatic heterocycles. The Labute approximate surface area is 119 Å². The van der Waals surface area contributed by atoms with Gasteiger partial charge >= 0.3 is 6.09 Å². The zero-order chi connectivity index (χ0) is 15.3. The number of anilines is 1. The maximum absolute atomic E-state index is 11.7. The second-order valence-corrected chi connectivity index (χ2v) is 5.84. The van der Waals surface area contributed by atoms with E-state index >= 15 is 0 Å². The fourth-order valence-electron chi connectivity index (χ4n) is 1.41. The highest BCUT2D eigenvalue weighted by Gasteiger charge is 2.16. The first-order valence-corrected chi connectivity index (χ1v) is 6.58. The molecule has 0 aliphatic carbocycles. The molecule has 5 heteroatoms. The third-order valence-corrected chi connectivity index (χ3v) is 2.32. The highest BCUT2D eigenvalue weighted by atomic mass is 16.6. The van der Waals surface area contributed by atoms with E-state index in [-0.39, 0.29) is 6.04 Å². The zero-order valence-electron chi connectivity index (χ0n) is 12.6. The summed E-state index contributed by atoms with van der Waals surface area (Å²) in [4.78, 5) is 11.7. The molecule has 0 atom stereocenters. The van der Waals surface area contributed by atoms with E-state index in [2.05, 4.69) is 5.32 Å². The summed E-state index contributed by atoms with van der Waals surface area (Å²) in [5.41, 5.74) is 0.768. The van der Waals surface area contributed by atoms with Crippen LogP contribution in [-0.2, 0) is 4.74 Å². The van der Waals surface area contributed by atoms with E-state index in [1.165, 1.54) is 6.21 Å². The number of hydrogen-bond donors (Lipinski definition) is 1. The summed E-state index contributed by atoms with van der Waals surface area (Å²) in [6.45, 7) is 9.02. The molecule has 20 heavy (non-hydrogen) atoms. The lowest BCUT2D eigenvalue weighted by Crippen LogP contribution is -2.27. The summed E-state index contributed by atoms with van der Waals surface area (Å²) in [6, 6.07) is 6.90. The van der Waals surface area contributed by atoms with Crippen LogP contribution < -0.4 is 5.32 Å². The third kappa shape index (κ3) is 5.73. The highest BCUT2D eigenvalue weighted by molar-refractivity contribution is 5.87. The summed E-state index contributed by atoms with van der Waals surface area (Å²) < 4.78 is 6.04. The molecule has 1 rings (SSSR count). The average molecular weight is 278 g/mol. The van der Waals surface area contributed by atoms with Crippen molar-refractivity contribution < 1.29 is 14.3 Å². The van der Waals surface area contributed by atoms with Crippen molar-refractivity contribution in [2.24, 2.45) is 0 Å². The topological polar surface area (TPSA) is 64.4 Å². The molecule has 0 bridgehead atoms. The molecule has 1 aromatic carbocycles. The Morgan fingerprint density at radius 1 is 1.40 bits per heavy atom. The number of carbonyl (C=O) groups excluding carboxylic acids is 1. The number of nitrogens with zero attached hydrogens (tertiary/aromatic N) is 1. The Bertz CT molecular complexity index is 502. The largest absolute Gasteiger partial charge is 0.624 e. The monoisotopic (exact) mass is 278 g/mol. The number of benzene rings is 1. The van der Waals surface area contributed by atoms with Crippen molar-refractivity contribution in [2.45, 2.75) is 46.3 Å². The number of rotatable bonds is 3. The smallest absolute Gasteiger partial charge is 0.412 e. The minimum absolute atomic E-state index is 0.127. The van der Waals surface area contributed by atoms with Gasteiger partial charge in [0.1, 0.15) is 5.60 Å². The standard InChI is InChI=1S/C15H22N2O3/c1-11(2)17(19)10-12-7-6-8-13(9-12)16-14(18)20-15(3,4)5/h6-11H,1-5H3,(H,16,18)/b17-10+. The van der Waals surface area contributed by atoms with Gasteiger partial charge in [-0.15, -0.1) is 0 Å². The van der Waals surface area contributed by atoms with E-state index in [1.807, 2.05) is 13.8 Å². The summed E-state index contributed by atoms with van der Waals surface area (Å²) in [6.07, 6.45) is 0.975. The summed E-state index contributed by atoms with van der Waals surface area (Å²) in [5, 5.41) is 14.2. The first kappa shape index (κ1) is 16.0. The molecule has 0 fully saturated rings. The van der Waals surface area contributed by atoms with E-state index in [0.29, 0.717) is 5.69 Å². The van der Waals surface area contributed by atoms with Crippen LogP contribution in [0.3, 0.4) is 0 Å². The SMILES string of the molecule is CC(C)/[N+]([O-])=C\c1cccc(NC(=O)OC(C)(C)C)c1.